The van der Waals surface area contributed by atoms with Crippen LogP contribution in [0.4, 0.5) is 0 Å². The van der Waals surface area contributed by atoms with Gasteiger partial charge in [0.1, 0.15) is 5.44 Å². The van der Waals surface area contributed by atoms with E-state index in [9.17, 15) is 5.11 Å². The molecule has 0 heterocycles. The molecule has 58 valence electrons. The number of thioether (sulfide) groups is 1. The Bertz CT molecular complexity index is 220. The van der Waals surface area contributed by atoms with Crippen molar-refractivity contribution in [3.8, 4) is 0 Å². The van der Waals surface area contributed by atoms with Gasteiger partial charge in [0.05, 0.1) is 0 Å². The zero-order chi connectivity index (χ0) is 8.10. The van der Waals surface area contributed by atoms with Gasteiger partial charge in [-0.2, -0.15) is 0 Å². The van der Waals surface area contributed by atoms with Crippen molar-refractivity contribution >= 4 is 11.8 Å². The molecule has 1 N–H and O–H groups in total. The summed E-state index contributed by atoms with van der Waals surface area (Å²) in [5.74, 6) is 0. The molecule has 2 heteroatoms. The highest BCUT2D eigenvalue weighted by molar-refractivity contribution is 8.02. The third-order valence-corrected chi connectivity index (χ3v) is 2.03. The van der Waals surface area contributed by atoms with Gasteiger partial charge in [0.25, 0.3) is 0 Å². The summed E-state index contributed by atoms with van der Waals surface area (Å²) < 4.78 is 0. The standard InChI is InChI=1S/C9H10OS/c1-2-11-9(10)8-6-4-3-5-7-8/h2-7,9-10H,1H2. The predicted octanol–water partition coefficient (Wildman–Crippen LogP) is 2.55. The average molecular weight is 166 g/mol. The van der Waals surface area contributed by atoms with E-state index in [2.05, 4.69) is 6.58 Å². The van der Waals surface area contributed by atoms with Gasteiger partial charge in [0, 0.05) is 0 Å². The van der Waals surface area contributed by atoms with E-state index in [4.69, 9.17) is 0 Å². The SMILES string of the molecule is C=CSC(O)c1ccccc1. The smallest absolute Gasteiger partial charge is 0.129 e. The van der Waals surface area contributed by atoms with Gasteiger partial charge in [-0.1, -0.05) is 48.7 Å². The van der Waals surface area contributed by atoms with Gasteiger partial charge < -0.3 is 5.11 Å². The van der Waals surface area contributed by atoms with E-state index in [-0.39, 0.29) is 0 Å². The van der Waals surface area contributed by atoms with Crippen molar-refractivity contribution in [1.82, 2.24) is 0 Å². The first-order valence-electron chi connectivity index (χ1n) is 3.34. The predicted molar refractivity (Wildman–Crippen MR) is 49.2 cm³/mol. The molecular formula is C9H10OS. The summed E-state index contributed by atoms with van der Waals surface area (Å²) >= 11 is 1.30. The molecule has 0 saturated heterocycles. The lowest BCUT2D eigenvalue weighted by Crippen LogP contribution is -1.88. The number of aliphatic hydroxyl groups is 1. The molecule has 0 bridgehead atoms. The third-order valence-electron chi connectivity index (χ3n) is 1.31. The highest BCUT2D eigenvalue weighted by Crippen LogP contribution is 2.25. The van der Waals surface area contributed by atoms with Gasteiger partial charge in [0.2, 0.25) is 0 Å². The Hall–Kier alpha value is -0.730. The first-order valence-corrected chi connectivity index (χ1v) is 4.28. The highest BCUT2D eigenvalue weighted by atomic mass is 32.2. The molecule has 1 atom stereocenters. The Morgan fingerprint density at radius 2 is 2.00 bits per heavy atom. The molecule has 0 spiro atoms. The maximum Gasteiger partial charge on any atom is 0.129 e. The van der Waals surface area contributed by atoms with Crippen molar-refractivity contribution in [2.24, 2.45) is 0 Å². The summed E-state index contributed by atoms with van der Waals surface area (Å²) in [6.45, 7) is 3.53. The summed E-state index contributed by atoms with van der Waals surface area (Å²) in [5, 5.41) is 11.0. The van der Waals surface area contributed by atoms with Crippen molar-refractivity contribution in [1.29, 1.82) is 0 Å². The molecule has 1 aromatic carbocycles. The molecular weight excluding hydrogens is 156 g/mol. The molecule has 11 heavy (non-hydrogen) atoms. The summed E-state index contributed by atoms with van der Waals surface area (Å²) in [5.41, 5.74) is 0.436. The molecule has 0 aliphatic carbocycles. The van der Waals surface area contributed by atoms with Crippen LogP contribution in [0.1, 0.15) is 11.0 Å². The van der Waals surface area contributed by atoms with Gasteiger partial charge in [-0.3, -0.25) is 0 Å². The van der Waals surface area contributed by atoms with E-state index >= 15 is 0 Å². The summed E-state index contributed by atoms with van der Waals surface area (Å²) in [7, 11) is 0. The zero-order valence-electron chi connectivity index (χ0n) is 6.10. The van der Waals surface area contributed by atoms with Crippen LogP contribution in [0.5, 0.6) is 0 Å². The number of rotatable bonds is 3. The normalized spacial score (nSPS) is 12.5. The first kappa shape index (κ1) is 8.37. The minimum absolute atomic E-state index is 0.478. The van der Waals surface area contributed by atoms with Crippen LogP contribution in [-0.2, 0) is 0 Å². The van der Waals surface area contributed by atoms with Crippen molar-refractivity contribution in [2.75, 3.05) is 0 Å². The van der Waals surface area contributed by atoms with Crippen molar-refractivity contribution < 1.29 is 5.11 Å². The lowest BCUT2D eigenvalue weighted by molar-refractivity contribution is 0.271. The topological polar surface area (TPSA) is 20.2 Å². The van der Waals surface area contributed by atoms with E-state index in [1.165, 1.54) is 11.8 Å². The Labute approximate surface area is 70.8 Å². The number of hydrogen-bond donors (Lipinski definition) is 1. The Kier molecular flexibility index (Phi) is 3.20. The molecule has 0 aromatic heterocycles. The van der Waals surface area contributed by atoms with Gasteiger partial charge in [-0.15, -0.1) is 0 Å². The maximum absolute atomic E-state index is 9.41. The Balaban J connectivity index is 2.68. The first-order chi connectivity index (χ1) is 5.34. The molecule has 1 unspecified atom stereocenters. The quantitative estimate of drug-likeness (QED) is 0.696. The maximum atomic E-state index is 9.41. The fraction of sp³-hybridized carbons (Fsp3) is 0.111. The summed E-state index contributed by atoms with van der Waals surface area (Å²) in [6, 6.07) is 9.52. The van der Waals surface area contributed by atoms with Crippen LogP contribution in [0.2, 0.25) is 0 Å². The fourth-order valence-electron chi connectivity index (χ4n) is 0.787. The van der Waals surface area contributed by atoms with Crippen LogP contribution in [-0.4, -0.2) is 5.11 Å². The van der Waals surface area contributed by atoms with Crippen molar-refractivity contribution in [2.45, 2.75) is 5.44 Å². The Morgan fingerprint density at radius 3 is 2.55 bits per heavy atom. The number of benzene rings is 1. The average Bonchev–Trinajstić information content (AvgIpc) is 2.07. The van der Waals surface area contributed by atoms with Gasteiger partial charge in [-0.25, -0.2) is 0 Å². The van der Waals surface area contributed by atoms with Gasteiger partial charge in [0.15, 0.2) is 0 Å². The number of hydrogen-bond acceptors (Lipinski definition) is 2. The third kappa shape index (κ3) is 2.41. The lowest BCUT2D eigenvalue weighted by atomic mass is 10.2. The minimum Gasteiger partial charge on any atom is -0.378 e. The Morgan fingerprint density at radius 1 is 1.36 bits per heavy atom. The second kappa shape index (κ2) is 4.21. The molecule has 0 amide bonds. The van der Waals surface area contributed by atoms with E-state index in [1.807, 2.05) is 30.3 Å². The van der Waals surface area contributed by atoms with Gasteiger partial charge >= 0.3 is 0 Å². The second-order valence-electron chi connectivity index (χ2n) is 2.07. The fourth-order valence-corrected chi connectivity index (χ4v) is 1.28. The number of aliphatic hydroxyl groups excluding tert-OH is 1. The van der Waals surface area contributed by atoms with Gasteiger partial charge in [-0.05, 0) is 11.0 Å². The monoisotopic (exact) mass is 166 g/mol. The summed E-state index contributed by atoms with van der Waals surface area (Å²) in [6.07, 6.45) is 0. The van der Waals surface area contributed by atoms with Crippen LogP contribution in [0, 0.1) is 0 Å². The van der Waals surface area contributed by atoms with Crippen LogP contribution >= 0.6 is 11.8 Å². The molecule has 0 saturated carbocycles. The van der Waals surface area contributed by atoms with Crippen LogP contribution in [0.25, 0.3) is 0 Å². The van der Waals surface area contributed by atoms with E-state index < -0.39 is 5.44 Å². The largest absolute Gasteiger partial charge is 0.378 e. The molecule has 1 aromatic rings. The molecule has 0 aliphatic rings. The molecule has 1 rings (SSSR count). The van der Waals surface area contributed by atoms with Crippen molar-refractivity contribution in [3.05, 3.63) is 47.9 Å². The lowest BCUT2D eigenvalue weighted by Gasteiger charge is -2.05. The van der Waals surface area contributed by atoms with E-state index in [0.29, 0.717) is 0 Å². The molecule has 0 radical (unpaired) electrons. The molecule has 0 fully saturated rings. The summed E-state index contributed by atoms with van der Waals surface area (Å²) in [4.78, 5) is 0. The van der Waals surface area contributed by atoms with E-state index in [1.54, 1.807) is 5.41 Å². The van der Waals surface area contributed by atoms with Crippen molar-refractivity contribution in [3.63, 3.8) is 0 Å². The van der Waals surface area contributed by atoms with Crippen LogP contribution in [0.3, 0.4) is 0 Å². The second-order valence-corrected chi connectivity index (χ2v) is 3.12. The molecule has 1 nitrogen and oxygen atoms in total. The zero-order valence-corrected chi connectivity index (χ0v) is 6.92. The minimum atomic E-state index is -0.478. The molecule has 0 aliphatic heterocycles. The van der Waals surface area contributed by atoms with E-state index in [0.717, 1.165) is 5.56 Å². The highest BCUT2D eigenvalue weighted by Gasteiger charge is 2.02. The van der Waals surface area contributed by atoms with Crippen LogP contribution < -0.4 is 0 Å². The van der Waals surface area contributed by atoms with Crippen LogP contribution in [0.15, 0.2) is 42.3 Å².